The number of nitrogens with one attached hydrogen (secondary N) is 2. The second-order valence-electron chi connectivity index (χ2n) is 6.88. The molecular formula is C22H21N3O2S. The van der Waals surface area contributed by atoms with Crippen LogP contribution in [0.4, 0.5) is 10.7 Å². The lowest BCUT2D eigenvalue weighted by molar-refractivity contribution is 0.102. The molecule has 0 fully saturated rings. The van der Waals surface area contributed by atoms with Gasteiger partial charge >= 0.3 is 0 Å². The number of hydrogen-bond donors (Lipinski definition) is 2. The van der Waals surface area contributed by atoms with Gasteiger partial charge in [0, 0.05) is 23.0 Å². The molecule has 0 aliphatic heterocycles. The normalized spacial score (nSPS) is 12.9. The molecule has 5 nitrogen and oxygen atoms in total. The average Bonchev–Trinajstić information content (AvgIpc) is 3.08. The molecule has 0 radical (unpaired) electrons. The van der Waals surface area contributed by atoms with Gasteiger partial charge in [-0.25, -0.2) is 0 Å². The number of anilines is 2. The molecule has 4 rings (SSSR count). The van der Waals surface area contributed by atoms with Crippen LogP contribution < -0.4 is 10.6 Å². The zero-order valence-corrected chi connectivity index (χ0v) is 16.4. The highest BCUT2D eigenvalue weighted by atomic mass is 32.1. The molecule has 0 bridgehead atoms. The molecule has 2 heterocycles. The molecule has 1 aliphatic rings. The van der Waals surface area contributed by atoms with E-state index in [9.17, 15) is 9.59 Å². The van der Waals surface area contributed by atoms with Gasteiger partial charge in [-0.05, 0) is 61.9 Å². The van der Waals surface area contributed by atoms with Gasteiger partial charge in [0.25, 0.3) is 11.8 Å². The van der Waals surface area contributed by atoms with Crippen molar-refractivity contribution in [2.75, 3.05) is 10.6 Å². The van der Waals surface area contributed by atoms with E-state index in [0.29, 0.717) is 16.1 Å². The maximum atomic E-state index is 13.2. The highest BCUT2D eigenvalue weighted by Crippen LogP contribution is 2.38. The summed E-state index contributed by atoms with van der Waals surface area (Å²) in [5.41, 5.74) is 3.93. The first-order valence-corrected chi connectivity index (χ1v) is 10.2. The van der Waals surface area contributed by atoms with Crippen molar-refractivity contribution in [1.82, 2.24) is 4.98 Å². The van der Waals surface area contributed by atoms with Gasteiger partial charge in [-0.3, -0.25) is 14.6 Å². The van der Waals surface area contributed by atoms with E-state index in [2.05, 4.69) is 15.6 Å². The maximum Gasteiger partial charge on any atom is 0.258 e. The number of hydrogen-bond acceptors (Lipinski definition) is 4. The van der Waals surface area contributed by atoms with E-state index in [4.69, 9.17) is 0 Å². The molecule has 0 saturated heterocycles. The number of aryl methyl sites for hydroxylation is 2. The SMILES string of the molecule is Cc1ccccc1NC(=O)c1c(NC(=O)c2cccnc2)sc2c1CCCC2. The summed E-state index contributed by atoms with van der Waals surface area (Å²) in [5.74, 6) is -0.424. The topological polar surface area (TPSA) is 71.1 Å². The molecule has 6 heteroatoms. The summed E-state index contributed by atoms with van der Waals surface area (Å²) < 4.78 is 0. The van der Waals surface area contributed by atoms with Crippen molar-refractivity contribution < 1.29 is 9.59 Å². The lowest BCUT2D eigenvalue weighted by Gasteiger charge is -2.14. The fourth-order valence-corrected chi connectivity index (χ4v) is 4.75. The number of carbonyl (C=O) groups is 2. The molecule has 1 aliphatic carbocycles. The third kappa shape index (κ3) is 3.68. The smallest absolute Gasteiger partial charge is 0.258 e. The first-order chi connectivity index (χ1) is 13.6. The van der Waals surface area contributed by atoms with Gasteiger partial charge in [-0.2, -0.15) is 0 Å². The monoisotopic (exact) mass is 391 g/mol. The molecule has 0 spiro atoms. The van der Waals surface area contributed by atoms with Gasteiger partial charge < -0.3 is 10.6 Å². The third-order valence-electron chi connectivity index (χ3n) is 4.94. The van der Waals surface area contributed by atoms with Crippen LogP contribution in [0.2, 0.25) is 0 Å². The van der Waals surface area contributed by atoms with Gasteiger partial charge in [0.1, 0.15) is 5.00 Å². The van der Waals surface area contributed by atoms with E-state index in [1.54, 1.807) is 18.3 Å². The number of carbonyl (C=O) groups excluding carboxylic acids is 2. The number of benzene rings is 1. The second kappa shape index (κ2) is 7.94. The zero-order chi connectivity index (χ0) is 19.5. The molecule has 1 aromatic carbocycles. The highest BCUT2D eigenvalue weighted by Gasteiger charge is 2.27. The lowest BCUT2D eigenvalue weighted by Crippen LogP contribution is -2.19. The van der Waals surface area contributed by atoms with Crippen molar-refractivity contribution >= 4 is 33.8 Å². The van der Waals surface area contributed by atoms with E-state index < -0.39 is 0 Å². The molecular weight excluding hydrogens is 370 g/mol. The van der Waals surface area contributed by atoms with Crippen LogP contribution in [0.5, 0.6) is 0 Å². The molecule has 0 unspecified atom stereocenters. The summed E-state index contributed by atoms with van der Waals surface area (Å²) >= 11 is 1.51. The van der Waals surface area contributed by atoms with Crippen molar-refractivity contribution in [3.05, 3.63) is 75.9 Å². The minimum absolute atomic E-state index is 0.171. The van der Waals surface area contributed by atoms with Crippen molar-refractivity contribution in [3.8, 4) is 0 Å². The molecule has 2 amide bonds. The van der Waals surface area contributed by atoms with Crippen LogP contribution in [0.3, 0.4) is 0 Å². The molecule has 2 aromatic heterocycles. The van der Waals surface area contributed by atoms with E-state index >= 15 is 0 Å². The van der Waals surface area contributed by atoms with Crippen molar-refractivity contribution in [2.45, 2.75) is 32.6 Å². The Morgan fingerprint density at radius 3 is 2.61 bits per heavy atom. The van der Waals surface area contributed by atoms with E-state index in [0.717, 1.165) is 42.5 Å². The number of fused-ring (bicyclic) bond motifs is 1. The van der Waals surface area contributed by atoms with E-state index in [1.807, 2.05) is 31.2 Å². The Balaban J connectivity index is 1.67. The Hall–Kier alpha value is -2.99. The predicted octanol–water partition coefficient (Wildman–Crippen LogP) is 4.83. The van der Waals surface area contributed by atoms with Gasteiger partial charge in [0.05, 0.1) is 11.1 Å². The number of pyridine rings is 1. The van der Waals surface area contributed by atoms with Crippen molar-refractivity contribution in [3.63, 3.8) is 0 Å². The van der Waals surface area contributed by atoms with E-state index in [-0.39, 0.29) is 11.8 Å². The Labute approximate surface area is 167 Å². The van der Waals surface area contributed by atoms with Crippen LogP contribution >= 0.6 is 11.3 Å². The number of thiophene rings is 1. The quantitative estimate of drug-likeness (QED) is 0.669. The van der Waals surface area contributed by atoms with Crippen molar-refractivity contribution in [1.29, 1.82) is 0 Å². The summed E-state index contributed by atoms with van der Waals surface area (Å²) in [6, 6.07) is 11.1. The molecule has 142 valence electrons. The first kappa shape index (κ1) is 18.4. The molecule has 0 atom stereocenters. The number of para-hydroxylation sites is 1. The van der Waals surface area contributed by atoms with Crippen LogP contribution in [0.1, 0.15) is 49.6 Å². The Morgan fingerprint density at radius 1 is 1.00 bits per heavy atom. The maximum absolute atomic E-state index is 13.2. The van der Waals surface area contributed by atoms with E-state index in [1.165, 1.54) is 22.4 Å². The van der Waals surface area contributed by atoms with Crippen molar-refractivity contribution in [2.24, 2.45) is 0 Å². The number of amides is 2. The summed E-state index contributed by atoms with van der Waals surface area (Å²) in [6.07, 6.45) is 7.14. The first-order valence-electron chi connectivity index (χ1n) is 9.36. The lowest BCUT2D eigenvalue weighted by atomic mass is 9.95. The van der Waals surface area contributed by atoms with Crippen LogP contribution in [-0.4, -0.2) is 16.8 Å². The van der Waals surface area contributed by atoms with Crippen LogP contribution in [0.25, 0.3) is 0 Å². The standard InChI is InChI=1S/C22H21N3O2S/c1-14-7-2-4-10-17(14)24-21(27)19-16-9-3-5-11-18(16)28-22(19)25-20(26)15-8-6-12-23-13-15/h2,4,6-8,10,12-13H,3,5,9,11H2,1H3,(H,24,27)(H,25,26). The second-order valence-corrected chi connectivity index (χ2v) is 7.99. The fraction of sp³-hybridized carbons (Fsp3) is 0.227. The number of nitrogens with zero attached hydrogens (tertiary/aromatic N) is 1. The molecule has 3 aromatic rings. The summed E-state index contributed by atoms with van der Waals surface area (Å²) in [7, 11) is 0. The number of aromatic nitrogens is 1. The van der Waals surface area contributed by atoms with Crippen LogP contribution in [0, 0.1) is 6.92 Å². The highest BCUT2D eigenvalue weighted by molar-refractivity contribution is 7.17. The third-order valence-corrected chi connectivity index (χ3v) is 6.15. The average molecular weight is 391 g/mol. The van der Waals surface area contributed by atoms with Gasteiger partial charge in [-0.15, -0.1) is 11.3 Å². The van der Waals surface area contributed by atoms with Gasteiger partial charge in [-0.1, -0.05) is 18.2 Å². The Bertz CT molecular complexity index is 1030. The zero-order valence-electron chi connectivity index (χ0n) is 15.6. The minimum Gasteiger partial charge on any atom is -0.322 e. The molecule has 28 heavy (non-hydrogen) atoms. The molecule has 0 saturated carbocycles. The Morgan fingerprint density at radius 2 is 1.82 bits per heavy atom. The Kier molecular flexibility index (Phi) is 5.21. The molecule has 2 N–H and O–H groups in total. The predicted molar refractivity (Wildman–Crippen MR) is 112 cm³/mol. The summed E-state index contributed by atoms with van der Waals surface area (Å²) in [5, 5.41) is 6.58. The summed E-state index contributed by atoms with van der Waals surface area (Å²) in [4.78, 5) is 31.0. The minimum atomic E-state index is -0.253. The van der Waals surface area contributed by atoms with Crippen LogP contribution in [-0.2, 0) is 12.8 Å². The number of rotatable bonds is 4. The van der Waals surface area contributed by atoms with Gasteiger partial charge in [0.15, 0.2) is 0 Å². The van der Waals surface area contributed by atoms with Gasteiger partial charge in [0.2, 0.25) is 0 Å². The van der Waals surface area contributed by atoms with Crippen LogP contribution in [0.15, 0.2) is 48.8 Å². The fourth-order valence-electron chi connectivity index (χ4n) is 3.46. The summed E-state index contributed by atoms with van der Waals surface area (Å²) in [6.45, 7) is 1.96. The largest absolute Gasteiger partial charge is 0.322 e.